The van der Waals surface area contributed by atoms with Gasteiger partial charge in [-0.2, -0.15) is 0 Å². The fourth-order valence-corrected chi connectivity index (χ4v) is 13.4. The van der Waals surface area contributed by atoms with Gasteiger partial charge < -0.3 is 50.0 Å². The van der Waals surface area contributed by atoms with Crippen molar-refractivity contribution in [1.29, 1.82) is 0 Å². The lowest BCUT2D eigenvalue weighted by molar-refractivity contribution is -0.151. The van der Waals surface area contributed by atoms with Gasteiger partial charge in [0.1, 0.15) is 18.6 Å². The first kappa shape index (κ1) is 101. The Morgan fingerprint density at radius 1 is 0.324 bits per heavy atom. The molecule has 22 nitrogen and oxygen atoms in total. The van der Waals surface area contributed by atoms with E-state index in [1.165, 1.54) is 116 Å². The number of ether oxygens (including phenoxy) is 4. The van der Waals surface area contributed by atoms with E-state index in [1.54, 1.807) is 0 Å². The van der Waals surface area contributed by atoms with Gasteiger partial charge in [0, 0.05) is 51.6 Å². The molecule has 6 unspecified atom stereocenters. The Morgan fingerprint density at radius 2 is 0.619 bits per heavy atom. The van der Waals surface area contributed by atoms with Gasteiger partial charge in [-0.1, -0.05) is 258 Å². The van der Waals surface area contributed by atoms with Crippen LogP contribution in [0, 0.1) is 0 Å². The van der Waals surface area contributed by atoms with Crippen molar-refractivity contribution in [3.05, 3.63) is 24.3 Å². The topological polar surface area (TPSA) is 299 Å². The van der Waals surface area contributed by atoms with E-state index in [-0.39, 0.29) is 88.3 Å². The van der Waals surface area contributed by atoms with Crippen LogP contribution < -0.4 is 21.3 Å². The van der Waals surface area contributed by atoms with Crippen LogP contribution in [0.4, 0.5) is 0 Å². The number of amides is 4. The van der Waals surface area contributed by atoms with Gasteiger partial charge in [-0.15, -0.1) is 0 Å². The molecule has 0 aliphatic rings. The molecule has 4 amide bonds. The minimum absolute atomic E-state index is 0.0540. The van der Waals surface area contributed by atoms with Gasteiger partial charge in [0.2, 0.25) is 23.6 Å². The first-order valence-electron chi connectivity index (χ1n) is 42.1. The van der Waals surface area contributed by atoms with E-state index in [0.29, 0.717) is 64.2 Å². The average molecular weight is 1530 g/mol. The lowest BCUT2D eigenvalue weighted by atomic mass is 10.1. The second kappa shape index (κ2) is 74.5. The number of allylic oxidation sites excluding steroid dienone is 4. The molecule has 24 heteroatoms. The van der Waals surface area contributed by atoms with E-state index in [2.05, 4.69) is 87.1 Å². The molecule has 0 radical (unpaired) electrons. The van der Waals surface area contributed by atoms with Gasteiger partial charge in [-0.05, 0) is 89.9 Å². The number of carbonyl (C=O) groups excluding carboxylic acids is 6. The molecular formula is C81H154N4O18P2. The van der Waals surface area contributed by atoms with Gasteiger partial charge in [0.25, 0.3) is 0 Å². The number of unbranched alkanes of at least 4 members (excludes halogenated alkanes) is 34. The number of nitrogens with one attached hydrogen (secondary N) is 4. The van der Waals surface area contributed by atoms with Crippen molar-refractivity contribution < 1.29 is 84.7 Å². The normalized spacial score (nSPS) is 14.0. The summed E-state index contributed by atoms with van der Waals surface area (Å²) in [5, 5.41) is 10.7. The Labute approximate surface area is 637 Å². The number of hydrogen-bond acceptors (Lipinski definition) is 16. The Bertz CT molecular complexity index is 2100. The van der Waals surface area contributed by atoms with E-state index < -0.39 is 72.4 Å². The molecule has 6 atom stereocenters. The molecule has 0 spiro atoms. The van der Waals surface area contributed by atoms with Crippen LogP contribution in [-0.4, -0.2) is 136 Å². The van der Waals surface area contributed by atoms with E-state index in [1.807, 2.05) is 0 Å². The molecule has 0 bridgehead atoms. The Morgan fingerprint density at radius 3 is 0.952 bits per heavy atom. The van der Waals surface area contributed by atoms with Crippen LogP contribution in [0.2, 0.25) is 0 Å². The number of rotatable bonds is 80. The zero-order valence-electron chi connectivity index (χ0n) is 67.1. The third-order valence-corrected chi connectivity index (χ3v) is 20.2. The van der Waals surface area contributed by atoms with Crippen LogP contribution in [0.15, 0.2) is 24.3 Å². The van der Waals surface area contributed by atoms with Crippen molar-refractivity contribution in [3.63, 3.8) is 0 Å². The molecule has 0 heterocycles. The summed E-state index contributed by atoms with van der Waals surface area (Å²) in [5.74, 6) is -2.46. The maximum atomic E-state index is 13.2. The fourth-order valence-electron chi connectivity index (χ4n) is 11.9. The van der Waals surface area contributed by atoms with Gasteiger partial charge in [-0.3, -0.25) is 46.9 Å². The lowest BCUT2D eigenvalue weighted by Gasteiger charge is -2.22. The summed E-state index contributed by atoms with van der Waals surface area (Å²) in [4.78, 5) is 99.1. The van der Waals surface area contributed by atoms with Gasteiger partial charge in [-0.25, -0.2) is 9.13 Å². The summed E-state index contributed by atoms with van der Waals surface area (Å²) >= 11 is 0. The summed E-state index contributed by atoms with van der Waals surface area (Å²) in [7, 11) is -9.46. The Kier molecular flexibility index (Phi) is 72.0. The van der Waals surface area contributed by atoms with Crippen LogP contribution in [0.1, 0.15) is 369 Å². The monoisotopic (exact) mass is 1530 g/mol. The maximum absolute atomic E-state index is 13.2. The van der Waals surface area contributed by atoms with E-state index in [0.717, 1.165) is 128 Å². The highest BCUT2D eigenvalue weighted by Gasteiger charge is 2.27. The molecule has 0 aromatic carbocycles. The number of phosphoric acid groups is 2. The van der Waals surface area contributed by atoms with Crippen molar-refractivity contribution in [2.45, 2.75) is 393 Å². The quantitative estimate of drug-likeness (QED) is 0.0108. The Balaban J connectivity index is 5.49. The minimum atomic E-state index is -4.73. The molecule has 105 heavy (non-hydrogen) atoms. The molecular weight excluding hydrogens is 1380 g/mol. The third-order valence-electron chi connectivity index (χ3n) is 18.2. The summed E-state index contributed by atoms with van der Waals surface area (Å²) < 4.78 is 71.2. The average Bonchev–Trinajstić information content (AvgIpc) is 0.924. The molecule has 0 saturated carbocycles. The number of hydrogen-bond donors (Lipinski definition) is 6. The summed E-state index contributed by atoms with van der Waals surface area (Å²) in [6, 6.07) is -1.65. The zero-order valence-corrected chi connectivity index (χ0v) is 68.9. The second-order valence-electron chi connectivity index (χ2n) is 28.5. The predicted molar refractivity (Wildman–Crippen MR) is 423 cm³/mol. The van der Waals surface area contributed by atoms with Crippen molar-refractivity contribution in [3.8, 4) is 0 Å². The van der Waals surface area contributed by atoms with Crippen molar-refractivity contribution in [1.82, 2.24) is 21.3 Å². The summed E-state index contributed by atoms with van der Waals surface area (Å²) in [6.07, 6.45) is 55.9. The van der Waals surface area contributed by atoms with Crippen molar-refractivity contribution in [2.24, 2.45) is 0 Å². The van der Waals surface area contributed by atoms with Gasteiger partial charge in [0.15, 0.2) is 0 Å². The highest BCUT2D eigenvalue weighted by atomic mass is 31.2. The second-order valence-corrected chi connectivity index (χ2v) is 31.4. The molecule has 0 fully saturated rings. The number of carbonyl (C=O) groups is 6. The molecule has 616 valence electrons. The molecule has 0 aromatic rings. The smallest absolute Gasteiger partial charge is 0.462 e. The predicted octanol–water partition coefficient (Wildman–Crippen LogP) is 19.4. The SMILES string of the molecule is CCCCCC/C=C\CCCC(=O)OC(CCCCCCC)CCOCC(COP(=O)(O)OCCNC(=O)CC(=O)NCCOP(=O)(O)OCC(COCCC(CCCCCCC)OC(=O)CCC/C=C\CCCCCC)NC(=O)CCCCCCCCCCC)NC(=O)CCCCCCCCCCC. The summed E-state index contributed by atoms with van der Waals surface area (Å²) in [6.45, 7) is 11.1. The van der Waals surface area contributed by atoms with E-state index >= 15 is 0 Å². The van der Waals surface area contributed by atoms with E-state index in [9.17, 15) is 47.7 Å². The molecule has 0 saturated heterocycles. The van der Waals surface area contributed by atoms with Crippen LogP contribution in [0.25, 0.3) is 0 Å². The Hall–Kier alpha value is -3.56. The van der Waals surface area contributed by atoms with Crippen LogP contribution >= 0.6 is 15.6 Å². The van der Waals surface area contributed by atoms with Crippen LogP contribution in [0.5, 0.6) is 0 Å². The molecule has 0 aliphatic heterocycles. The number of phosphoric ester groups is 2. The largest absolute Gasteiger partial charge is 0.472 e. The third kappa shape index (κ3) is 71.8. The fraction of sp³-hybridized carbons (Fsp3) is 0.877. The maximum Gasteiger partial charge on any atom is 0.472 e. The molecule has 0 aromatic heterocycles. The van der Waals surface area contributed by atoms with Crippen molar-refractivity contribution in [2.75, 3.05) is 65.9 Å². The van der Waals surface area contributed by atoms with Gasteiger partial charge in [0.05, 0.1) is 64.9 Å². The van der Waals surface area contributed by atoms with Gasteiger partial charge >= 0.3 is 27.6 Å². The number of esters is 2. The highest BCUT2D eigenvalue weighted by molar-refractivity contribution is 7.47. The minimum Gasteiger partial charge on any atom is -0.462 e. The zero-order chi connectivity index (χ0) is 77.2. The standard InChI is InChI=1S/C81H154N4O18P2/c1-7-13-19-25-29-33-37-43-49-55-76(86)84-72(68-96-63-59-74(53-47-41-23-17-11-5)102-80(90)57-51-45-39-35-31-27-21-15-9-3)70-100-104(92,93)98-65-61-82-78(88)67-79(89)83-62-66-99-105(94,95)101-71-73(85-77(87)56-50-44-38-34-30-26-20-14-8-2)69-97-64-60-75(54-48-42-24-18-12-6)103-81(91)58-52-46-40-36-32-28-22-16-10-4/h35-36,39-40,72-75H,7-34,37-38,41-71H2,1-6H3,(H,82,88)(H,83,89)(H,84,86)(H,85,87)(H,92,93)(H,94,95)/b39-35-,40-36-. The molecule has 6 N–H and O–H groups in total. The summed E-state index contributed by atoms with van der Waals surface area (Å²) in [5.41, 5.74) is 0. The van der Waals surface area contributed by atoms with Crippen molar-refractivity contribution >= 4 is 51.2 Å². The first-order valence-corrected chi connectivity index (χ1v) is 45.1. The molecule has 0 aliphatic carbocycles. The molecule has 0 rings (SSSR count). The first-order chi connectivity index (χ1) is 50.9. The lowest BCUT2D eigenvalue weighted by Crippen LogP contribution is -2.41. The van der Waals surface area contributed by atoms with E-state index in [4.69, 9.17) is 37.0 Å². The van der Waals surface area contributed by atoms with Crippen LogP contribution in [0.3, 0.4) is 0 Å². The van der Waals surface area contributed by atoms with Crippen LogP contribution in [-0.2, 0) is 74.9 Å². The highest BCUT2D eigenvalue weighted by Crippen LogP contribution is 2.44.